The van der Waals surface area contributed by atoms with Gasteiger partial charge >= 0.3 is 0 Å². The van der Waals surface area contributed by atoms with Crippen LogP contribution in [0.15, 0.2) is 0 Å². The minimum atomic E-state index is -0.363. The van der Waals surface area contributed by atoms with Gasteiger partial charge in [-0.2, -0.15) is 0 Å². The Labute approximate surface area is 147 Å². The van der Waals surface area contributed by atoms with Crippen molar-refractivity contribution >= 4 is 5.91 Å². The van der Waals surface area contributed by atoms with E-state index in [0.717, 1.165) is 50.9 Å². The molecule has 2 rings (SSSR count). The zero-order valence-corrected chi connectivity index (χ0v) is 16.3. The Morgan fingerprint density at radius 1 is 1.25 bits per heavy atom. The molecule has 0 aromatic carbocycles. The molecule has 0 aliphatic carbocycles. The van der Waals surface area contributed by atoms with Crippen LogP contribution in [0.4, 0.5) is 0 Å². The SMILES string of the molecule is COCC1(C(=O)NCC(C)(C)N2CC(C)CC(C)C2)CCNCC1. The van der Waals surface area contributed by atoms with Crippen molar-refractivity contribution in [2.75, 3.05) is 46.4 Å². The van der Waals surface area contributed by atoms with E-state index in [0.29, 0.717) is 13.2 Å². The van der Waals surface area contributed by atoms with Crippen LogP contribution in [0.3, 0.4) is 0 Å². The first-order valence-electron chi connectivity index (χ1n) is 9.52. The van der Waals surface area contributed by atoms with E-state index >= 15 is 0 Å². The number of hydrogen-bond donors (Lipinski definition) is 2. The minimum absolute atomic E-state index is 0.0141. The zero-order valence-electron chi connectivity index (χ0n) is 16.3. The molecule has 0 spiro atoms. The average Bonchev–Trinajstić information content (AvgIpc) is 2.53. The molecule has 5 nitrogen and oxygen atoms in total. The summed E-state index contributed by atoms with van der Waals surface area (Å²) in [5.74, 6) is 1.62. The summed E-state index contributed by atoms with van der Waals surface area (Å²) in [7, 11) is 1.69. The summed E-state index contributed by atoms with van der Waals surface area (Å²) in [6.07, 6.45) is 3.01. The van der Waals surface area contributed by atoms with Gasteiger partial charge in [0.05, 0.1) is 12.0 Å². The molecule has 1 amide bonds. The maximum Gasteiger partial charge on any atom is 0.228 e. The van der Waals surface area contributed by atoms with Crippen LogP contribution < -0.4 is 10.6 Å². The second-order valence-electron chi connectivity index (χ2n) is 8.81. The van der Waals surface area contributed by atoms with Crippen LogP contribution in [0.25, 0.3) is 0 Å². The number of carbonyl (C=O) groups is 1. The van der Waals surface area contributed by atoms with Crippen molar-refractivity contribution in [3.8, 4) is 0 Å². The fraction of sp³-hybridized carbons (Fsp3) is 0.947. The van der Waals surface area contributed by atoms with Crippen LogP contribution in [0.5, 0.6) is 0 Å². The quantitative estimate of drug-likeness (QED) is 0.776. The van der Waals surface area contributed by atoms with E-state index < -0.39 is 0 Å². The Hall–Kier alpha value is -0.650. The number of amides is 1. The number of nitrogens with zero attached hydrogens (tertiary/aromatic N) is 1. The van der Waals surface area contributed by atoms with Crippen molar-refractivity contribution in [2.24, 2.45) is 17.3 Å². The number of rotatable bonds is 6. The van der Waals surface area contributed by atoms with Gasteiger partial charge in [0.25, 0.3) is 0 Å². The molecule has 2 fully saturated rings. The summed E-state index contributed by atoms with van der Waals surface area (Å²) in [4.78, 5) is 15.5. The van der Waals surface area contributed by atoms with Gasteiger partial charge in [0, 0.05) is 32.3 Å². The van der Waals surface area contributed by atoms with Gasteiger partial charge in [-0.05, 0) is 58.0 Å². The predicted octanol–water partition coefficient (Wildman–Crippen LogP) is 1.88. The minimum Gasteiger partial charge on any atom is -0.384 e. The van der Waals surface area contributed by atoms with Gasteiger partial charge in [-0.3, -0.25) is 9.69 Å². The van der Waals surface area contributed by atoms with E-state index in [2.05, 4.69) is 43.2 Å². The maximum absolute atomic E-state index is 12.9. The first-order chi connectivity index (χ1) is 11.3. The Kier molecular flexibility index (Phi) is 6.68. The number of piperidine rings is 2. The zero-order chi connectivity index (χ0) is 17.8. The smallest absolute Gasteiger partial charge is 0.228 e. The lowest BCUT2D eigenvalue weighted by atomic mass is 9.78. The normalized spacial score (nSPS) is 28.5. The highest BCUT2D eigenvalue weighted by Crippen LogP contribution is 2.30. The molecule has 0 saturated carbocycles. The van der Waals surface area contributed by atoms with Gasteiger partial charge in [0.2, 0.25) is 5.91 Å². The number of carbonyl (C=O) groups excluding carboxylic acids is 1. The topological polar surface area (TPSA) is 53.6 Å². The van der Waals surface area contributed by atoms with Crippen molar-refractivity contribution in [3.63, 3.8) is 0 Å². The van der Waals surface area contributed by atoms with Crippen LogP contribution in [0.1, 0.15) is 47.0 Å². The predicted molar refractivity (Wildman–Crippen MR) is 98.0 cm³/mol. The largest absolute Gasteiger partial charge is 0.384 e. The highest BCUT2D eigenvalue weighted by atomic mass is 16.5. The highest BCUT2D eigenvalue weighted by Gasteiger charge is 2.41. The molecule has 5 heteroatoms. The molecule has 0 bridgehead atoms. The third kappa shape index (κ3) is 4.70. The molecule has 140 valence electrons. The number of hydrogen-bond acceptors (Lipinski definition) is 4. The van der Waals surface area contributed by atoms with Crippen molar-refractivity contribution in [3.05, 3.63) is 0 Å². The lowest BCUT2D eigenvalue weighted by molar-refractivity contribution is -0.136. The lowest BCUT2D eigenvalue weighted by Gasteiger charge is -2.46. The first kappa shape index (κ1) is 19.7. The molecule has 2 unspecified atom stereocenters. The standard InChI is InChI=1S/C19H37N3O2/c1-15-10-16(2)12-22(11-15)18(3,4)13-21-17(23)19(14-24-5)6-8-20-9-7-19/h15-16,20H,6-14H2,1-5H3,(H,21,23). The van der Waals surface area contributed by atoms with Gasteiger partial charge in [-0.1, -0.05) is 13.8 Å². The molecular formula is C19H37N3O2. The van der Waals surface area contributed by atoms with Crippen LogP contribution in [-0.2, 0) is 9.53 Å². The first-order valence-corrected chi connectivity index (χ1v) is 9.52. The van der Waals surface area contributed by atoms with E-state index in [1.54, 1.807) is 7.11 Å². The maximum atomic E-state index is 12.9. The van der Waals surface area contributed by atoms with E-state index in [4.69, 9.17) is 4.74 Å². The highest BCUT2D eigenvalue weighted by molar-refractivity contribution is 5.83. The van der Waals surface area contributed by atoms with Crippen molar-refractivity contribution < 1.29 is 9.53 Å². The summed E-state index contributed by atoms with van der Waals surface area (Å²) in [6, 6.07) is 0. The molecule has 24 heavy (non-hydrogen) atoms. The van der Waals surface area contributed by atoms with Gasteiger partial charge in [0.1, 0.15) is 0 Å². The van der Waals surface area contributed by atoms with Crippen LogP contribution >= 0.6 is 0 Å². The molecule has 2 heterocycles. The third-order valence-corrected chi connectivity index (χ3v) is 5.87. The van der Waals surface area contributed by atoms with Gasteiger partial charge in [0.15, 0.2) is 0 Å². The Morgan fingerprint density at radius 3 is 2.38 bits per heavy atom. The Morgan fingerprint density at radius 2 is 1.83 bits per heavy atom. The van der Waals surface area contributed by atoms with E-state index in [1.807, 2.05) is 0 Å². The Balaban J connectivity index is 1.95. The van der Waals surface area contributed by atoms with Crippen molar-refractivity contribution in [2.45, 2.75) is 52.5 Å². The molecule has 2 N–H and O–H groups in total. The van der Waals surface area contributed by atoms with Crippen LogP contribution in [-0.4, -0.2) is 62.8 Å². The molecule has 0 aromatic heterocycles. The summed E-state index contributed by atoms with van der Waals surface area (Å²) in [5.41, 5.74) is -0.377. The molecule has 0 aromatic rings. The molecular weight excluding hydrogens is 302 g/mol. The third-order valence-electron chi connectivity index (χ3n) is 5.87. The monoisotopic (exact) mass is 339 g/mol. The van der Waals surface area contributed by atoms with E-state index in [9.17, 15) is 4.79 Å². The molecule has 0 radical (unpaired) electrons. The van der Waals surface area contributed by atoms with Gasteiger partial charge in [-0.15, -0.1) is 0 Å². The van der Waals surface area contributed by atoms with E-state index in [1.165, 1.54) is 6.42 Å². The summed E-state index contributed by atoms with van der Waals surface area (Å²) >= 11 is 0. The molecule has 2 aliphatic rings. The van der Waals surface area contributed by atoms with Crippen molar-refractivity contribution in [1.29, 1.82) is 0 Å². The second-order valence-corrected chi connectivity index (χ2v) is 8.81. The number of methoxy groups -OCH3 is 1. The average molecular weight is 340 g/mol. The van der Waals surface area contributed by atoms with Crippen molar-refractivity contribution in [1.82, 2.24) is 15.5 Å². The van der Waals surface area contributed by atoms with Crippen LogP contribution in [0, 0.1) is 17.3 Å². The number of ether oxygens (including phenoxy) is 1. The van der Waals surface area contributed by atoms with Gasteiger partial charge < -0.3 is 15.4 Å². The summed E-state index contributed by atoms with van der Waals surface area (Å²) in [5, 5.41) is 6.60. The van der Waals surface area contributed by atoms with Gasteiger partial charge in [-0.25, -0.2) is 0 Å². The summed E-state index contributed by atoms with van der Waals surface area (Å²) < 4.78 is 5.38. The summed E-state index contributed by atoms with van der Waals surface area (Å²) in [6.45, 7) is 14.4. The molecule has 2 aliphatic heterocycles. The molecule has 2 saturated heterocycles. The Bertz CT molecular complexity index is 403. The number of nitrogens with one attached hydrogen (secondary N) is 2. The van der Waals surface area contributed by atoms with Crippen LogP contribution in [0.2, 0.25) is 0 Å². The number of likely N-dealkylation sites (tertiary alicyclic amines) is 1. The van der Waals surface area contributed by atoms with E-state index in [-0.39, 0.29) is 16.9 Å². The molecule has 2 atom stereocenters. The second kappa shape index (κ2) is 8.15. The lowest BCUT2D eigenvalue weighted by Crippen LogP contribution is -2.58. The fourth-order valence-corrected chi connectivity index (χ4v) is 4.37. The fourth-order valence-electron chi connectivity index (χ4n) is 4.37.